The minimum atomic E-state index is -3.03. The molecule has 1 aromatic rings. The van der Waals surface area contributed by atoms with Gasteiger partial charge in [-0.3, -0.25) is 4.79 Å². The van der Waals surface area contributed by atoms with Crippen molar-refractivity contribution in [3.63, 3.8) is 0 Å². The normalized spacial score (nSPS) is 18.9. The van der Waals surface area contributed by atoms with E-state index >= 15 is 0 Å². The van der Waals surface area contributed by atoms with Crippen LogP contribution in [-0.2, 0) is 9.84 Å². The molecule has 1 heterocycles. The lowest BCUT2D eigenvalue weighted by atomic mass is 10.1. The number of hydrogen-bond acceptors (Lipinski definition) is 4. The topological polar surface area (TPSA) is 74.7 Å². The Morgan fingerprint density at radius 2 is 2.00 bits per heavy atom. The van der Waals surface area contributed by atoms with Crippen LogP contribution in [0, 0.1) is 6.92 Å². The van der Waals surface area contributed by atoms with Gasteiger partial charge in [0.2, 0.25) is 0 Å². The van der Waals surface area contributed by atoms with Gasteiger partial charge in [-0.2, -0.15) is 0 Å². The number of nitrogens with zero attached hydrogens (tertiary/aromatic N) is 1. The second-order valence-electron chi connectivity index (χ2n) is 4.75. The summed E-state index contributed by atoms with van der Waals surface area (Å²) in [5, 5.41) is 9.62. The fraction of sp³-hybridized carbons (Fsp3) is 0.462. The number of sulfone groups is 1. The quantitative estimate of drug-likeness (QED) is 0.833. The van der Waals surface area contributed by atoms with Crippen LogP contribution in [0.4, 0.5) is 0 Å². The van der Waals surface area contributed by atoms with Gasteiger partial charge in [0.15, 0.2) is 9.84 Å². The van der Waals surface area contributed by atoms with Crippen molar-refractivity contribution in [2.24, 2.45) is 0 Å². The first kappa shape index (κ1) is 13.9. The van der Waals surface area contributed by atoms with Crippen molar-refractivity contribution in [1.82, 2.24) is 4.90 Å². The predicted octanol–water partition coefficient (Wildman–Crippen LogP) is 0.961. The molecule has 1 saturated heterocycles. The molecule has 0 aromatic heterocycles. The smallest absolute Gasteiger partial charge is 0.254 e. The van der Waals surface area contributed by atoms with Crippen molar-refractivity contribution in [1.29, 1.82) is 0 Å². The van der Waals surface area contributed by atoms with E-state index in [0.717, 1.165) is 0 Å². The average Bonchev–Trinajstić information content (AvgIpc) is 2.53. The molecule has 5 nitrogen and oxygen atoms in total. The van der Waals surface area contributed by atoms with Crippen LogP contribution in [0.1, 0.15) is 22.3 Å². The number of carbonyl (C=O) groups excluding carboxylic acids is 1. The summed E-state index contributed by atoms with van der Waals surface area (Å²) >= 11 is 0. The van der Waals surface area contributed by atoms with Crippen LogP contribution < -0.4 is 0 Å². The molecule has 19 heavy (non-hydrogen) atoms. The standard InChI is InChI=1S/C13H17NO4S/c1-10-11(4-2-5-12(10)15)13(16)14-6-3-8-19(17,18)9-7-14/h2,4-5,15H,3,6-9H2,1H3. The monoisotopic (exact) mass is 283 g/mol. The van der Waals surface area contributed by atoms with Crippen molar-refractivity contribution in [2.75, 3.05) is 24.6 Å². The third-order valence-corrected chi connectivity index (χ3v) is 5.09. The Morgan fingerprint density at radius 1 is 1.26 bits per heavy atom. The molecule has 1 amide bonds. The summed E-state index contributed by atoms with van der Waals surface area (Å²) in [5.74, 6) is 0.00524. The van der Waals surface area contributed by atoms with Gasteiger partial charge in [0.05, 0.1) is 11.5 Å². The second kappa shape index (κ2) is 5.21. The molecular formula is C13H17NO4S. The highest BCUT2D eigenvalue weighted by Crippen LogP contribution is 2.21. The summed E-state index contributed by atoms with van der Waals surface area (Å²) in [6, 6.07) is 4.79. The number of phenolic OH excluding ortho intramolecular Hbond substituents is 1. The Labute approximate surface area is 112 Å². The van der Waals surface area contributed by atoms with Crippen LogP contribution in [0.2, 0.25) is 0 Å². The molecular weight excluding hydrogens is 266 g/mol. The number of benzene rings is 1. The van der Waals surface area contributed by atoms with Gasteiger partial charge in [-0.05, 0) is 25.5 Å². The first-order valence-electron chi connectivity index (χ1n) is 6.19. The Kier molecular flexibility index (Phi) is 3.80. The molecule has 0 saturated carbocycles. The van der Waals surface area contributed by atoms with E-state index < -0.39 is 9.84 Å². The zero-order valence-corrected chi connectivity index (χ0v) is 11.6. The van der Waals surface area contributed by atoms with Crippen LogP contribution in [0.5, 0.6) is 5.75 Å². The number of hydrogen-bond donors (Lipinski definition) is 1. The Hall–Kier alpha value is -1.56. The maximum atomic E-state index is 12.4. The maximum Gasteiger partial charge on any atom is 0.254 e. The third-order valence-electron chi connectivity index (χ3n) is 3.38. The largest absolute Gasteiger partial charge is 0.508 e. The Balaban J connectivity index is 2.22. The van der Waals surface area contributed by atoms with Gasteiger partial charge >= 0.3 is 0 Å². The lowest BCUT2D eigenvalue weighted by molar-refractivity contribution is 0.0767. The molecule has 0 atom stereocenters. The summed E-state index contributed by atoms with van der Waals surface area (Å²) in [5.41, 5.74) is 0.957. The number of phenols is 1. The number of carbonyl (C=O) groups is 1. The van der Waals surface area contributed by atoms with Crippen molar-refractivity contribution in [3.8, 4) is 5.75 Å². The van der Waals surface area contributed by atoms with Gasteiger partial charge in [-0.15, -0.1) is 0 Å². The van der Waals surface area contributed by atoms with Crippen molar-refractivity contribution in [3.05, 3.63) is 29.3 Å². The highest BCUT2D eigenvalue weighted by molar-refractivity contribution is 7.91. The molecule has 6 heteroatoms. The van der Waals surface area contributed by atoms with Crippen LogP contribution in [-0.4, -0.2) is 48.9 Å². The molecule has 1 aromatic carbocycles. The van der Waals surface area contributed by atoms with Gasteiger partial charge in [0, 0.05) is 24.2 Å². The van der Waals surface area contributed by atoms with Gasteiger partial charge in [0.1, 0.15) is 5.75 Å². The summed E-state index contributed by atoms with van der Waals surface area (Å²) in [6.45, 7) is 2.33. The lowest BCUT2D eigenvalue weighted by Gasteiger charge is -2.21. The maximum absolute atomic E-state index is 12.4. The fourth-order valence-corrected chi connectivity index (χ4v) is 3.44. The third kappa shape index (κ3) is 3.07. The zero-order valence-electron chi connectivity index (χ0n) is 10.8. The number of rotatable bonds is 1. The minimum absolute atomic E-state index is 0.0105. The molecule has 1 aliphatic heterocycles. The van der Waals surface area contributed by atoms with Gasteiger partial charge in [0.25, 0.3) is 5.91 Å². The first-order valence-corrected chi connectivity index (χ1v) is 8.01. The molecule has 0 bridgehead atoms. The Morgan fingerprint density at radius 3 is 2.74 bits per heavy atom. The average molecular weight is 283 g/mol. The second-order valence-corrected chi connectivity index (χ2v) is 7.05. The van der Waals surface area contributed by atoms with E-state index in [0.29, 0.717) is 24.1 Å². The molecule has 2 rings (SSSR count). The highest BCUT2D eigenvalue weighted by Gasteiger charge is 2.24. The van der Waals surface area contributed by atoms with E-state index in [9.17, 15) is 18.3 Å². The Bertz CT molecular complexity index is 595. The SMILES string of the molecule is Cc1c(O)cccc1C(=O)N1CCCS(=O)(=O)CC1. The van der Waals surface area contributed by atoms with Gasteiger partial charge in [-0.25, -0.2) is 8.42 Å². The van der Waals surface area contributed by atoms with E-state index in [4.69, 9.17) is 0 Å². The molecule has 0 radical (unpaired) electrons. The minimum Gasteiger partial charge on any atom is -0.508 e. The molecule has 104 valence electrons. The van der Waals surface area contributed by atoms with Crippen molar-refractivity contribution < 1.29 is 18.3 Å². The summed E-state index contributed by atoms with van der Waals surface area (Å²) in [6.07, 6.45) is 0.464. The van der Waals surface area contributed by atoms with E-state index in [-0.39, 0.29) is 29.7 Å². The number of aromatic hydroxyl groups is 1. The summed E-state index contributed by atoms with van der Waals surface area (Å²) in [7, 11) is -3.03. The van der Waals surface area contributed by atoms with Crippen LogP contribution >= 0.6 is 0 Å². The zero-order chi connectivity index (χ0) is 14.0. The summed E-state index contributed by atoms with van der Waals surface area (Å²) < 4.78 is 23.0. The van der Waals surface area contributed by atoms with Crippen LogP contribution in [0.15, 0.2) is 18.2 Å². The van der Waals surface area contributed by atoms with E-state index in [1.165, 1.54) is 6.07 Å². The molecule has 1 aliphatic rings. The molecule has 0 spiro atoms. The molecule has 1 N–H and O–H groups in total. The molecule has 0 aliphatic carbocycles. The van der Waals surface area contributed by atoms with E-state index in [1.54, 1.807) is 24.0 Å². The lowest BCUT2D eigenvalue weighted by Crippen LogP contribution is -2.34. The predicted molar refractivity (Wildman–Crippen MR) is 72.0 cm³/mol. The van der Waals surface area contributed by atoms with E-state index in [1.807, 2.05) is 0 Å². The highest BCUT2D eigenvalue weighted by atomic mass is 32.2. The van der Waals surface area contributed by atoms with Crippen molar-refractivity contribution >= 4 is 15.7 Å². The first-order chi connectivity index (χ1) is 8.91. The number of amides is 1. The van der Waals surface area contributed by atoms with Crippen LogP contribution in [0.3, 0.4) is 0 Å². The van der Waals surface area contributed by atoms with Crippen LogP contribution in [0.25, 0.3) is 0 Å². The molecule has 0 unspecified atom stereocenters. The summed E-state index contributed by atoms with van der Waals surface area (Å²) in [4.78, 5) is 13.9. The van der Waals surface area contributed by atoms with Crippen molar-refractivity contribution in [2.45, 2.75) is 13.3 Å². The van der Waals surface area contributed by atoms with E-state index in [2.05, 4.69) is 0 Å². The van der Waals surface area contributed by atoms with Gasteiger partial charge in [-0.1, -0.05) is 6.07 Å². The van der Waals surface area contributed by atoms with Gasteiger partial charge < -0.3 is 10.0 Å². The fourth-order valence-electron chi connectivity index (χ4n) is 2.17. The molecule has 1 fully saturated rings.